The maximum Gasteiger partial charge on any atom is 0.188 e. The second-order valence-corrected chi connectivity index (χ2v) is 6.67. The van der Waals surface area contributed by atoms with Gasteiger partial charge in [0.1, 0.15) is 17.3 Å². The van der Waals surface area contributed by atoms with Crippen LogP contribution in [0.5, 0.6) is 5.75 Å². The number of hydrogen-bond donors (Lipinski definition) is 1. The molecule has 0 radical (unpaired) electrons. The second kappa shape index (κ2) is 8.91. The Morgan fingerprint density at radius 2 is 1.96 bits per heavy atom. The van der Waals surface area contributed by atoms with Crippen LogP contribution < -0.4 is 10.5 Å². The van der Waals surface area contributed by atoms with Crippen LogP contribution >= 0.6 is 15.9 Å². The number of rotatable bonds is 8. The molecule has 0 aliphatic rings. The Morgan fingerprint density at radius 3 is 2.62 bits per heavy atom. The number of halogens is 2. The number of carbonyl (C=O) groups is 2. The summed E-state index contributed by atoms with van der Waals surface area (Å²) in [5.41, 5.74) is 6.80. The summed E-state index contributed by atoms with van der Waals surface area (Å²) in [4.78, 5) is 24.9. The molecule has 0 amide bonds. The molecule has 2 aromatic carbocycles. The van der Waals surface area contributed by atoms with Crippen molar-refractivity contribution in [3.8, 4) is 5.75 Å². The van der Waals surface area contributed by atoms with Crippen LogP contribution in [0.1, 0.15) is 35.2 Å². The number of nitrogens with two attached hydrogens (primary N) is 1. The van der Waals surface area contributed by atoms with Crippen molar-refractivity contribution >= 4 is 33.2 Å². The van der Waals surface area contributed by atoms with Crippen molar-refractivity contribution in [1.29, 1.82) is 0 Å². The van der Waals surface area contributed by atoms with E-state index in [9.17, 15) is 14.0 Å². The summed E-state index contributed by atoms with van der Waals surface area (Å²) in [6.45, 7) is 1.29. The highest BCUT2D eigenvalue weighted by Crippen LogP contribution is 2.33. The van der Waals surface area contributed by atoms with Gasteiger partial charge in [0.15, 0.2) is 12.6 Å². The number of nitrogen functional groups attached to an aromatic ring is 1. The van der Waals surface area contributed by atoms with Crippen molar-refractivity contribution in [1.82, 2.24) is 0 Å². The summed E-state index contributed by atoms with van der Waals surface area (Å²) < 4.78 is 24.7. The van der Waals surface area contributed by atoms with Crippen molar-refractivity contribution in [3.05, 3.63) is 57.8 Å². The zero-order valence-electron chi connectivity index (χ0n) is 14.4. The largest absolute Gasteiger partial charge is 0.467 e. The number of ether oxygens (including phenoxy) is 2. The molecule has 5 nitrogen and oxygen atoms in total. The van der Waals surface area contributed by atoms with E-state index in [0.29, 0.717) is 27.0 Å². The Hall–Kier alpha value is -2.25. The summed E-state index contributed by atoms with van der Waals surface area (Å²) in [5, 5.41) is 0. The van der Waals surface area contributed by atoms with Crippen LogP contribution in [0.25, 0.3) is 0 Å². The molecule has 26 heavy (non-hydrogen) atoms. The third kappa shape index (κ3) is 4.89. The second-order valence-electron chi connectivity index (χ2n) is 5.76. The lowest BCUT2D eigenvalue weighted by Gasteiger charge is -2.18. The molecule has 1 atom stereocenters. The molecule has 0 bridgehead atoms. The molecule has 1 unspecified atom stereocenters. The van der Waals surface area contributed by atoms with Gasteiger partial charge in [0.2, 0.25) is 0 Å². The van der Waals surface area contributed by atoms with E-state index in [1.54, 1.807) is 18.2 Å². The first-order valence-corrected chi connectivity index (χ1v) is 8.62. The number of anilines is 1. The average molecular weight is 424 g/mol. The van der Waals surface area contributed by atoms with Gasteiger partial charge in [-0.25, -0.2) is 4.39 Å². The van der Waals surface area contributed by atoms with Crippen molar-refractivity contribution in [2.45, 2.75) is 19.3 Å². The van der Waals surface area contributed by atoms with Crippen LogP contribution in [0, 0.1) is 5.82 Å². The highest BCUT2D eigenvalue weighted by Gasteiger charge is 2.26. The van der Waals surface area contributed by atoms with E-state index < -0.39 is 11.7 Å². The van der Waals surface area contributed by atoms with E-state index in [4.69, 9.17) is 15.2 Å². The van der Waals surface area contributed by atoms with Gasteiger partial charge in [0.25, 0.3) is 0 Å². The van der Waals surface area contributed by atoms with Gasteiger partial charge in [-0.15, -0.1) is 0 Å². The lowest BCUT2D eigenvalue weighted by Crippen LogP contribution is -2.17. The monoisotopic (exact) mass is 423 g/mol. The molecule has 0 aromatic heterocycles. The number of hydrogen-bond acceptors (Lipinski definition) is 5. The van der Waals surface area contributed by atoms with Gasteiger partial charge in [-0.1, -0.05) is 15.9 Å². The van der Waals surface area contributed by atoms with Crippen LogP contribution in [0.3, 0.4) is 0 Å². The maximum atomic E-state index is 13.8. The van der Waals surface area contributed by atoms with Gasteiger partial charge in [-0.3, -0.25) is 9.59 Å². The topological polar surface area (TPSA) is 78.6 Å². The highest BCUT2D eigenvalue weighted by molar-refractivity contribution is 9.10. The Kier molecular flexibility index (Phi) is 6.88. The molecule has 2 N–H and O–H groups in total. The Labute approximate surface area is 159 Å². The predicted molar refractivity (Wildman–Crippen MR) is 99.8 cm³/mol. The maximum absolute atomic E-state index is 13.8. The van der Waals surface area contributed by atoms with Gasteiger partial charge >= 0.3 is 0 Å². The molecule has 0 aliphatic heterocycles. The molecule has 0 spiro atoms. The van der Waals surface area contributed by atoms with E-state index in [1.165, 1.54) is 32.2 Å². The van der Waals surface area contributed by atoms with Crippen LogP contribution in [-0.4, -0.2) is 25.5 Å². The number of carbonyl (C=O) groups excluding carboxylic acids is 2. The smallest absolute Gasteiger partial charge is 0.188 e. The summed E-state index contributed by atoms with van der Waals surface area (Å²) in [7, 11) is 1.45. The normalized spacial score (nSPS) is 11.8. The molecule has 0 saturated heterocycles. The predicted octanol–water partition coefficient (Wildman–Crippen LogP) is 4.10. The van der Waals surface area contributed by atoms with E-state index in [2.05, 4.69) is 15.9 Å². The fourth-order valence-corrected chi connectivity index (χ4v) is 2.94. The van der Waals surface area contributed by atoms with Crippen LogP contribution in [0.15, 0.2) is 40.9 Å². The fraction of sp³-hybridized carbons (Fsp3) is 0.263. The highest BCUT2D eigenvalue weighted by atomic mass is 79.9. The number of Topliss-reactive ketones (excluding diaryl/α,β-unsaturated/α-hetero) is 2. The molecule has 0 aliphatic carbocycles. The SMILES string of the molecule is COCOc1ccc(F)cc1C(CC(=O)c1cc(Br)ccc1N)C(C)=O. The molecule has 138 valence electrons. The Bertz CT molecular complexity index is 825. The molecule has 0 saturated carbocycles. The van der Waals surface area contributed by atoms with Crippen molar-refractivity contribution < 1.29 is 23.5 Å². The van der Waals surface area contributed by atoms with E-state index in [1.807, 2.05) is 0 Å². The van der Waals surface area contributed by atoms with E-state index >= 15 is 0 Å². The first-order valence-electron chi connectivity index (χ1n) is 7.83. The first-order chi connectivity index (χ1) is 12.3. The summed E-state index contributed by atoms with van der Waals surface area (Å²) >= 11 is 3.30. The lowest BCUT2D eigenvalue weighted by atomic mass is 9.87. The minimum atomic E-state index is -0.858. The third-order valence-electron chi connectivity index (χ3n) is 3.88. The Morgan fingerprint density at radius 1 is 1.23 bits per heavy atom. The third-order valence-corrected chi connectivity index (χ3v) is 4.37. The van der Waals surface area contributed by atoms with Gasteiger partial charge in [0.05, 0.1) is 5.92 Å². The van der Waals surface area contributed by atoms with Crippen LogP contribution in [0.2, 0.25) is 0 Å². The van der Waals surface area contributed by atoms with E-state index in [-0.39, 0.29) is 24.8 Å². The van der Waals surface area contributed by atoms with Crippen LogP contribution in [0.4, 0.5) is 10.1 Å². The minimum Gasteiger partial charge on any atom is -0.467 e. The van der Waals surface area contributed by atoms with Crippen molar-refractivity contribution in [2.24, 2.45) is 0 Å². The summed E-state index contributed by atoms with van der Waals surface area (Å²) in [6, 6.07) is 8.77. The molecular weight excluding hydrogens is 405 g/mol. The summed E-state index contributed by atoms with van der Waals surface area (Å²) in [5.74, 6) is -1.68. The fourth-order valence-electron chi connectivity index (χ4n) is 2.58. The van der Waals surface area contributed by atoms with E-state index in [0.717, 1.165) is 0 Å². The quantitative estimate of drug-likeness (QED) is 0.392. The Balaban J connectivity index is 2.38. The van der Waals surface area contributed by atoms with Crippen molar-refractivity contribution in [2.75, 3.05) is 19.6 Å². The van der Waals surface area contributed by atoms with Gasteiger partial charge in [-0.05, 0) is 43.3 Å². The average Bonchev–Trinajstić information content (AvgIpc) is 2.60. The number of benzene rings is 2. The number of ketones is 2. The number of methoxy groups -OCH3 is 1. The lowest BCUT2D eigenvalue weighted by molar-refractivity contribution is -0.118. The zero-order chi connectivity index (χ0) is 19.3. The van der Waals surface area contributed by atoms with Crippen molar-refractivity contribution in [3.63, 3.8) is 0 Å². The molecule has 0 fully saturated rings. The van der Waals surface area contributed by atoms with Gasteiger partial charge in [0, 0.05) is 34.8 Å². The summed E-state index contributed by atoms with van der Waals surface area (Å²) in [6.07, 6.45) is -0.150. The molecular formula is C19H19BrFNO4. The zero-order valence-corrected chi connectivity index (χ0v) is 16.0. The minimum absolute atomic E-state index is 0.0597. The van der Waals surface area contributed by atoms with Gasteiger partial charge in [-0.2, -0.15) is 0 Å². The molecule has 2 aromatic rings. The van der Waals surface area contributed by atoms with Gasteiger partial charge < -0.3 is 15.2 Å². The molecule has 0 heterocycles. The molecule has 2 rings (SSSR count). The first kappa shape index (κ1) is 20.1. The molecule has 7 heteroatoms. The standard InChI is InChI=1S/C19H19BrFNO4/c1-11(23)14(9-18(24)16-7-12(20)3-5-17(16)22)15-8-13(21)4-6-19(15)26-10-25-2/h3-8,14H,9-10,22H2,1-2H3. The van der Waals surface area contributed by atoms with Crippen LogP contribution in [-0.2, 0) is 9.53 Å².